The smallest absolute Gasteiger partial charge is 0.433 e. The van der Waals surface area contributed by atoms with Crippen molar-refractivity contribution in [3.05, 3.63) is 78.5 Å². The molecule has 9 heteroatoms. The van der Waals surface area contributed by atoms with E-state index < -0.39 is 11.9 Å². The molecule has 168 valence electrons. The van der Waals surface area contributed by atoms with E-state index >= 15 is 0 Å². The molecule has 1 aromatic heterocycles. The number of alkyl halides is 3. The lowest BCUT2D eigenvalue weighted by Gasteiger charge is -2.11. The van der Waals surface area contributed by atoms with E-state index in [2.05, 4.69) is 15.3 Å². The lowest BCUT2D eigenvalue weighted by Crippen LogP contribution is -2.15. The zero-order valence-corrected chi connectivity index (χ0v) is 18.2. The minimum absolute atomic E-state index is 0.108. The predicted octanol–water partition coefficient (Wildman–Crippen LogP) is 6.06. The maximum atomic E-state index is 13.4. The topological polar surface area (TPSA) is 64.1 Å². The van der Waals surface area contributed by atoms with Gasteiger partial charge in [-0.1, -0.05) is 48.2 Å². The summed E-state index contributed by atoms with van der Waals surface area (Å²) < 4.78 is 45.3. The summed E-state index contributed by atoms with van der Waals surface area (Å²) in [5, 5.41) is 4.51. The predicted molar refractivity (Wildman–Crippen MR) is 122 cm³/mol. The monoisotopic (exact) mass is 469 g/mol. The van der Waals surface area contributed by atoms with Crippen LogP contribution in [0.4, 0.5) is 18.9 Å². The van der Waals surface area contributed by atoms with Crippen LogP contribution in [0.25, 0.3) is 22.0 Å². The maximum absolute atomic E-state index is 13.4. The van der Waals surface area contributed by atoms with Gasteiger partial charge in [-0.2, -0.15) is 13.2 Å². The van der Waals surface area contributed by atoms with Crippen LogP contribution < -0.4 is 10.1 Å². The average molecular weight is 469 g/mol. The number of rotatable bonds is 6. The highest BCUT2D eigenvalue weighted by Gasteiger charge is 2.34. The highest BCUT2D eigenvalue weighted by Crippen LogP contribution is 2.32. The summed E-state index contributed by atoms with van der Waals surface area (Å²) in [6, 6.07) is 20.5. The summed E-state index contributed by atoms with van der Waals surface area (Å²) in [6.07, 6.45) is -4.65. The number of anilines is 1. The van der Waals surface area contributed by atoms with E-state index in [0.29, 0.717) is 17.0 Å². The number of amides is 1. The Bertz CT molecular complexity index is 1290. The lowest BCUT2D eigenvalue weighted by molar-refractivity contribution is -0.141. The zero-order chi connectivity index (χ0) is 23.4. The normalized spacial score (nSPS) is 11.4. The van der Waals surface area contributed by atoms with E-state index in [-0.39, 0.29) is 22.5 Å². The maximum Gasteiger partial charge on any atom is 0.433 e. The fraction of sp³-hybridized carbons (Fsp3) is 0.125. The van der Waals surface area contributed by atoms with E-state index in [0.717, 1.165) is 28.6 Å². The van der Waals surface area contributed by atoms with Crippen LogP contribution in [0.5, 0.6) is 5.75 Å². The van der Waals surface area contributed by atoms with E-state index in [1.54, 1.807) is 30.3 Å². The number of fused-ring (bicyclic) bond motifs is 1. The molecule has 4 aromatic rings. The largest absolute Gasteiger partial charge is 0.497 e. The summed E-state index contributed by atoms with van der Waals surface area (Å²) in [4.78, 5) is 20.4. The van der Waals surface area contributed by atoms with Crippen LogP contribution in [0.2, 0.25) is 0 Å². The molecule has 0 aliphatic heterocycles. The first-order valence-electron chi connectivity index (χ1n) is 9.84. The number of carbonyl (C=O) groups is 1. The third-order valence-corrected chi connectivity index (χ3v) is 5.63. The molecule has 0 bridgehead atoms. The van der Waals surface area contributed by atoms with Gasteiger partial charge in [-0.15, -0.1) is 0 Å². The van der Waals surface area contributed by atoms with Crippen LogP contribution in [-0.2, 0) is 11.0 Å². The molecule has 0 fully saturated rings. The average Bonchev–Trinajstić information content (AvgIpc) is 2.82. The number of nitrogens with zero attached hydrogens (tertiary/aromatic N) is 2. The quantitative estimate of drug-likeness (QED) is 0.275. The summed E-state index contributed by atoms with van der Waals surface area (Å²) >= 11 is 0.841. The van der Waals surface area contributed by atoms with Crippen LogP contribution >= 0.6 is 11.8 Å². The number of halogens is 3. The van der Waals surface area contributed by atoms with Gasteiger partial charge in [-0.25, -0.2) is 9.97 Å². The Morgan fingerprint density at radius 2 is 1.73 bits per heavy atom. The number of aromatic nitrogens is 2. The highest BCUT2D eigenvalue weighted by molar-refractivity contribution is 7.99. The summed E-state index contributed by atoms with van der Waals surface area (Å²) in [7, 11) is 1.50. The van der Waals surface area contributed by atoms with Gasteiger partial charge >= 0.3 is 6.18 Å². The Kier molecular flexibility index (Phi) is 6.50. The minimum atomic E-state index is -4.65. The molecule has 0 aliphatic rings. The van der Waals surface area contributed by atoms with Crippen LogP contribution in [0.3, 0.4) is 0 Å². The fourth-order valence-electron chi connectivity index (χ4n) is 3.20. The van der Waals surface area contributed by atoms with Gasteiger partial charge in [0.1, 0.15) is 11.4 Å². The van der Waals surface area contributed by atoms with Crippen LogP contribution in [0.15, 0.2) is 78.0 Å². The van der Waals surface area contributed by atoms with Gasteiger partial charge in [-0.05, 0) is 41.8 Å². The first-order chi connectivity index (χ1) is 15.8. The van der Waals surface area contributed by atoms with Crippen molar-refractivity contribution in [2.75, 3.05) is 18.2 Å². The van der Waals surface area contributed by atoms with Crippen molar-refractivity contribution in [2.24, 2.45) is 0 Å². The van der Waals surface area contributed by atoms with Gasteiger partial charge in [0.15, 0.2) is 5.16 Å². The second kappa shape index (κ2) is 9.50. The number of hydrogen-bond donors (Lipinski definition) is 1. The molecule has 33 heavy (non-hydrogen) atoms. The standard InChI is InChI=1S/C24H18F3N3O2S/c1-32-17-11-9-16(10-12-17)20-13-21(24(25,26)27)30-23(29-20)33-14-22(31)28-19-8-4-6-15-5-2-3-7-18(15)19/h2-13H,14H2,1H3,(H,28,31). The Morgan fingerprint density at radius 1 is 1.00 bits per heavy atom. The van der Waals surface area contributed by atoms with Crippen molar-refractivity contribution in [3.8, 4) is 17.0 Å². The zero-order valence-electron chi connectivity index (χ0n) is 17.4. The molecule has 0 radical (unpaired) electrons. The van der Waals surface area contributed by atoms with Crippen molar-refractivity contribution in [3.63, 3.8) is 0 Å². The van der Waals surface area contributed by atoms with E-state index in [1.807, 2.05) is 36.4 Å². The van der Waals surface area contributed by atoms with Gasteiger partial charge in [0.2, 0.25) is 5.91 Å². The molecule has 0 saturated carbocycles. The summed E-state index contributed by atoms with van der Waals surface area (Å²) in [5.41, 5.74) is 0.144. The Hall–Kier alpha value is -3.59. The Balaban J connectivity index is 1.54. The number of hydrogen-bond acceptors (Lipinski definition) is 5. The molecule has 0 saturated heterocycles. The molecule has 5 nitrogen and oxygen atoms in total. The highest BCUT2D eigenvalue weighted by atomic mass is 32.2. The molecule has 4 rings (SSSR count). The molecule has 0 atom stereocenters. The van der Waals surface area contributed by atoms with Crippen molar-refractivity contribution in [2.45, 2.75) is 11.3 Å². The molecule has 0 aliphatic carbocycles. The number of methoxy groups -OCH3 is 1. The van der Waals surface area contributed by atoms with Gasteiger partial charge in [0.25, 0.3) is 0 Å². The number of thioether (sulfide) groups is 1. The molecule has 0 spiro atoms. The van der Waals surface area contributed by atoms with Gasteiger partial charge in [0, 0.05) is 16.6 Å². The lowest BCUT2D eigenvalue weighted by atomic mass is 10.1. The minimum Gasteiger partial charge on any atom is -0.497 e. The summed E-state index contributed by atoms with van der Waals surface area (Å²) in [5.74, 6) is 0.0546. The number of ether oxygens (including phenoxy) is 1. The molecule has 1 amide bonds. The van der Waals surface area contributed by atoms with Crippen LogP contribution in [0, 0.1) is 0 Å². The Labute approximate surface area is 192 Å². The van der Waals surface area contributed by atoms with Crippen molar-refractivity contribution >= 4 is 34.1 Å². The SMILES string of the molecule is COc1ccc(-c2cc(C(F)(F)F)nc(SCC(=O)Nc3cccc4ccccc34)n2)cc1. The molecule has 1 heterocycles. The van der Waals surface area contributed by atoms with Gasteiger partial charge in [0.05, 0.1) is 18.6 Å². The second-order valence-corrected chi connectivity index (χ2v) is 7.95. The first-order valence-corrected chi connectivity index (χ1v) is 10.8. The first kappa shape index (κ1) is 22.6. The van der Waals surface area contributed by atoms with E-state index in [1.165, 1.54) is 7.11 Å². The molecule has 0 unspecified atom stereocenters. The van der Waals surface area contributed by atoms with Crippen LogP contribution in [-0.4, -0.2) is 28.7 Å². The molecule has 3 aromatic carbocycles. The molecular formula is C24H18F3N3O2S. The Morgan fingerprint density at radius 3 is 2.45 bits per heavy atom. The van der Waals surface area contributed by atoms with Gasteiger partial charge < -0.3 is 10.1 Å². The van der Waals surface area contributed by atoms with E-state index in [4.69, 9.17) is 4.74 Å². The third kappa shape index (κ3) is 5.43. The number of carbonyl (C=O) groups excluding carboxylic acids is 1. The second-order valence-electron chi connectivity index (χ2n) is 7.01. The van der Waals surface area contributed by atoms with Crippen molar-refractivity contribution in [1.82, 2.24) is 9.97 Å². The molecule has 1 N–H and O–H groups in total. The van der Waals surface area contributed by atoms with Crippen molar-refractivity contribution in [1.29, 1.82) is 0 Å². The van der Waals surface area contributed by atoms with E-state index in [9.17, 15) is 18.0 Å². The summed E-state index contributed by atoms with van der Waals surface area (Å²) in [6.45, 7) is 0. The van der Waals surface area contributed by atoms with Crippen LogP contribution in [0.1, 0.15) is 5.69 Å². The third-order valence-electron chi connectivity index (χ3n) is 4.78. The number of nitrogens with one attached hydrogen (secondary N) is 1. The molecular weight excluding hydrogens is 451 g/mol. The fourth-order valence-corrected chi connectivity index (χ4v) is 3.85. The number of benzene rings is 3. The van der Waals surface area contributed by atoms with Crippen molar-refractivity contribution < 1.29 is 22.7 Å². The van der Waals surface area contributed by atoms with Gasteiger partial charge in [-0.3, -0.25) is 4.79 Å².